The zero-order valence-corrected chi connectivity index (χ0v) is 12.0. The molecule has 1 fully saturated rings. The Morgan fingerprint density at radius 3 is 2.75 bits per heavy atom. The van der Waals surface area contributed by atoms with E-state index >= 15 is 0 Å². The number of rotatable bonds is 6. The molecule has 0 aliphatic carbocycles. The number of aromatic nitrogens is 2. The molecule has 0 aromatic carbocycles. The van der Waals surface area contributed by atoms with Gasteiger partial charge in [-0.15, -0.1) is 0 Å². The van der Waals surface area contributed by atoms with Gasteiger partial charge in [-0.05, 0) is 12.5 Å². The topological polar surface area (TPSA) is 50.3 Å². The second kappa shape index (κ2) is 7.77. The van der Waals surface area contributed by atoms with Crippen molar-refractivity contribution in [2.75, 3.05) is 39.4 Å². The van der Waals surface area contributed by atoms with Gasteiger partial charge in [0.1, 0.15) is 5.82 Å². The summed E-state index contributed by atoms with van der Waals surface area (Å²) < 4.78 is 5.33. The van der Waals surface area contributed by atoms with Crippen LogP contribution in [0.2, 0.25) is 0 Å². The first-order chi connectivity index (χ1) is 9.79. The largest absolute Gasteiger partial charge is 0.389 e. The Hall–Kier alpha value is -1.72. The Morgan fingerprint density at radius 1 is 1.40 bits per heavy atom. The van der Waals surface area contributed by atoms with Crippen LogP contribution in [0.15, 0.2) is 31.2 Å². The van der Waals surface area contributed by atoms with E-state index in [1.807, 2.05) is 31.6 Å². The summed E-state index contributed by atoms with van der Waals surface area (Å²) in [5.41, 5.74) is 1.98. The minimum absolute atomic E-state index is 0.775. The van der Waals surface area contributed by atoms with E-state index in [4.69, 9.17) is 4.74 Å². The molecule has 5 heteroatoms. The summed E-state index contributed by atoms with van der Waals surface area (Å²) in [6.07, 6.45) is 7.43. The number of nitrogens with zero attached hydrogens (tertiary/aromatic N) is 3. The smallest absolute Gasteiger partial charge is 0.125 e. The van der Waals surface area contributed by atoms with E-state index in [2.05, 4.69) is 26.8 Å². The molecule has 5 nitrogen and oxygen atoms in total. The molecule has 2 heterocycles. The monoisotopic (exact) mass is 274 g/mol. The van der Waals surface area contributed by atoms with Gasteiger partial charge in [0.25, 0.3) is 0 Å². The Morgan fingerprint density at radius 2 is 2.10 bits per heavy atom. The first-order valence-corrected chi connectivity index (χ1v) is 6.94. The lowest BCUT2D eigenvalue weighted by Gasteiger charge is -2.26. The minimum atomic E-state index is 0.775. The lowest BCUT2D eigenvalue weighted by Crippen LogP contribution is -2.39. The van der Waals surface area contributed by atoms with Crippen LogP contribution in [0.5, 0.6) is 0 Å². The van der Waals surface area contributed by atoms with E-state index < -0.39 is 0 Å². The first-order valence-electron chi connectivity index (χ1n) is 6.94. The molecule has 20 heavy (non-hydrogen) atoms. The van der Waals surface area contributed by atoms with Crippen LogP contribution in [0, 0.1) is 6.92 Å². The van der Waals surface area contributed by atoms with Crippen molar-refractivity contribution in [2.24, 2.45) is 0 Å². The maximum absolute atomic E-state index is 5.33. The molecular formula is C15H22N4O. The number of allylic oxidation sites excluding steroid dienone is 2. The van der Waals surface area contributed by atoms with Gasteiger partial charge in [-0.2, -0.15) is 0 Å². The van der Waals surface area contributed by atoms with Gasteiger partial charge in [0.2, 0.25) is 0 Å². The summed E-state index contributed by atoms with van der Waals surface area (Å²) in [6.45, 7) is 11.4. The van der Waals surface area contributed by atoms with Gasteiger partial charge in [0.15, 0.2) is 0 Å². The molecule has 1 aromatic heterocycles. The first kappa shape index (κ1) is 14.7. The summed E-state index contributed by atoms with van der Waals surface area (Å²) in [7, 11) is 0. The van der Waals surface area contributed by atoms with E-state index in [0.717, 1.165) is 56.4 Å². The van der Waals surface area contributed by atoms with Crippen molar-refractivity contribution in [2.45, 2.75) is 6.92 Å². The van der Waals surface area contributed by atoms with Crippen LogP contribution in [0.25, 0.3) is 5.57 Å². The average Bonchev–Trinajstić information content (AvgIpc) is 2.50. The van der Waals surface area contributed by atoms with Crippen LogP contribution in [0.1, 0.15) is 11.4 Å². The van der Waals surface area contributed by atoms with E-state index in [0.29, 0.717) is 0 Å². The highest BCUT2D eigenvalue weighted by Gasteiger charge is 2.08. The second-order valence-electron chi connectivity index (χ2n) is 4.73. The van der Waals surface area contributed by atoms with Crippen molar-refractivity contribution in [1.82, 2.24) is 20.2 Å². The zero-order valence-electron chi connectivity index (χ0n) is 12.0. The average molecular weight is 274 g/mol. The van der Waals surface area contributed by atoms with E-state index in [1.54, 1.807) is 0 Å². The number of ether oxygens (including phenoxy) is 1. The Kier molecular flexibility index (Phi) is 5.70. The molecule has 0 unspecified atom stereocenters. The number of hydrogen-bond donors (Lipinski definition) is 1. The quantitative estimate of drug-likeness (QED) is 0.624. The fourth-order valence-corrected chi connectivity index (χ4v) is 2.03. The van der Waals surface area contributed by atoms with E-state index in [9.17, 15) is 0 Å². The summed E-state index contributed by atoms with van der Waals surface area (Å²) >= 11 is 0. The third-order valence-corrected chi connectivity index (χ3v) is 3.27. The number of nitrogens with one attached hydrogen (secondary N) is 1. The van der Waals surface area contributed by atoms with Gasteiger partial charge >= 0.3 is 0 Å². The predicted molar refractivity (Wildman–Crippen MR) is 80.2 cm³/mol. The van der Waals surface area contributed by atoms with Crippen LogP contribution >= 0.6 is 0 Å². The summed E-state index contributed by atoms with van der Waals surface area (Å²) in [5.74, 6) is 0.775. The standard InChI is InChI=1S/C15H22N4O/c1-3-14(15-11-17-13(2)18-12-15)10-16-4-5-19-6-8-20-9-7-19/h3,10-12,16H,1,4-9H2,2H3/b14-10+. The number of morpholine rings is 1. The van der Waals surface area contributed by atoms with E-state index in [1.165, 1.54) is 0 Å². The van der Waals surface area contributed by atoms with Crippen LogP contribution < -0.4 is 5.32 Å². The molecule has 108 valence electrons. The molecule has 1 N–H and O–H groups in total. The van der Waals surface area contributed by atoms with E-state index in [-0.39, 0.29) is 0 Å². The maximum atomic E-state index is 5.33. The number of aryl methyl sites for hydroxylation is 1. The maximum Gasteiger partial charge on any atom is 0.125 e. The molecule has 0 spiro atoms. The lowest BCUT2D eigenvalue weighted by molar-refractivity contribution is 0.0388. The molecule has 1 saturated heterocycles. The molecule has 1 aliphatic heterocycles. The van der Waals surface area contributed by atoms with Crippen molar-refractivity contribution < 1.29 is 4.74 Å². The van der Waals surface area contributed by atoms with Gasteiger partial charge in [0.05, 0.1) is 13.2 Å². The van der Waals surface area contributed by atoms with Gasteiger partial charge < -0.3 is 10.1 Å². The Labute approximate surface area is 120 Å². The fraction of sp³-hybridized carbons (Fsp3) is 0.467. The predicted octanol–water partition coefficient (Wildman–Crippen LogP) is 1.23. The Bertz CT molecular complexity index is 449. The van der Waals surface area contributed by atoms with Crippen LogP contribution in [-0.2, 0) is 4.74 Å². The van der Waals surface area contributed by atoms with Crippen molar-refractivity contribution in [3.05, 3.63) is 42.6 Å². The fourth-order valence-electron chi connectivity index (χ4n) is 2.03. The summed E-state index contributed by atoms with van der Waals surface area (Å²) in [5, 5.41) is 3.33. The van der Waals surface area contributed by atoms with Crippen molar-refractivity contribution >= 4 is 5.57 Å². The third-order valence-electron chi connectivity index (χ3n) is 3.27. The van der Waals surface area contributed by atoms with Gasteiger partial charge in [-0.25, -0.2) is 9.97 Å². The number of hydrogen-bond acceptors (Lipinski definition) is 5. The molecule has 0 saturated carbocycles. The van der Waals surface area contributed by atoms with Gasteiger partial charge in [0, 0.05) is 50.3 Å². The Balaban J connectivity index is 1.81. The van der Waals surface area contributed by atoms with Gasteiger partial charge in [-0.3, -0.25) is 4.90 Å². The summed E-state index contributed by atoms with van der Waals surface area (Å²) in [6, 6.07) is 0. The highest BCUT2D eigenvalue weighted by atomic mass is 16.5. The molecular weight excluding hydrogens is 252 g/mol. The molecule has 0 bridgehead atoms. The van der Waals surface area contributed by atoms with Crippen LogP contribution in [0.4, 0.5) is 0 Å². The molecule has 1 aliphatic rings. The van der Waals surface area contributed by atoms with Crippen LogP contribution in [-0.4, -0.2) is 54.3 Å². The second-order valence-corrected chi connectivity index (χ2v) is 4.73. The van der Waals surface area contributed by atoms with Crippen molar-refractivity contribution in [3.63, 3.8) is 0 Å². The third kappa shape index (κ3) is 4.43. The van der Waals surface area contributed by atoms with Crippen LogP contribution in [0.3, 0.4) is 0 Å². The van der Waals surface area contributed by atoms with Crippen molar-refractivity contribution in [1.29, 1.82) is 0 Å². The molecule has 0 radical (unpaired) electrons. The highest BCUT2D eigenvalue weighted by molar-refractivity contribution is 5.72. The molecule has 0 atom stereocenters. The highest BCUT2D eigenvalue weighted by Crippen LogP contribution is 2.11. The van der Waals surface area contributed by atoms with Gasteiger partial charge in [-0.1, -0.05) is 12.7 Å². The lowest BCUT2D eigenvalue weighted by atomic mass is 10.1. The molecule has 0 amide bonds. The normalized spacial score (nSPS) is 16.9. The molecule has 2 rings (SSSR count). The summed E-state index contributed by atoms with van der Waals surface area (Å²) in [4.78, 5) is 10.8. The molecule has 1 aromatic rings. The zero-order chi connectivity index (χ0) is 14.2. The SMILES string of the molecule is C=C/C(=C\NCCN1CCOCC1)c1cnc(C)nc1. The minimum Gasteiger partial charge on any atom is -0.389 e. The van der Waals surface area contributed by atoms with Crippen molar-refractivity contribution in [3.8, 4) is 0 Å².